The number of rotatable bonds is 4. The standard InChI is InChI=1S/C19H32N2O/c1-14-5-7-15(8-6-14)11-21-12-16(9-17(20)13-21)10-18(22)19(2,3)4/h5-8,16-18,22H,9-13,20H2,1-4H3. The van der Waals surface area contributed by atoms with Crippen molar-refractivity contribution in [2.45, 2.75) is 59.2 Å². The summed E-state index contributed by atoms with van der Waals surface area (Å²) < 4.78 is 0. The number of aliphatic hydroxyl groups is 1. The van der Waals surface area contributed by atoms with Gasteiger partial charge in [0.15, 0.2) is 0 Å². The maximum atomic E-state index is 10.4. The van der Waals surface area contributed by atoms with Gasteiger partial charge in [-0.3, -0.25) is 4.90 Å². The van der Waals surface area contributed by atoms with Crippen LogP contribution in [0.5, 0.6) is 0 Å². The molecule has 0 spiro atoms. The average molecular weight is 304 g/mol. The third-order valence-corrected chi connectivity index (χ3v) is 4.73. The second kappa shape index (κ2) is 7.12. The van der Waals surface area contributed by atoms with Crippen LogP contribution in [0.15, 0.2) is 24.3 Å². The van der Waals surface area contributed by atoms with Crippen LogP contribution in [0.3, 0.4) is 0 Å². The quantitative estimate of drug-likeness (QED) is 0.899. The number of aliphatic hydroxyl groups excluding tert-OH is 1. The molecule has 2 rings (SSSR count). The van der Waals surface area contributed by atoms with Crippen molar-refractivity contribution in [1.82, 2.24) is 4.90 Å². The minimum atomic E-state index is -0.260. The van der Waals surface area contributed by atoms with Crippen molar-refractivity contribution in [3.63, 3.8) is 0 Å². The molecule has 1 saturated heterocycles. The van der Waals surface area contributed by atoms with Crippen LogP contribution in [0.2, 0.25) is 0 Å². The van der Waals surface area contributed by atoms with Crippen molar-refractivity contribution >= 4 is 0 Å². The Balaban J connectivity index is 1.94. The summed E-state index contributed by atoms with van der Waals surface area (Å²) in [5.41, 5.74) is 8.84. The molecule has 1 aromatic carbocycles. The highest BCUT2D eigenvalue weighted by molar-refractivity contribution is 5.21. The zero-order valence-corrected chi connectivity index (χ0v) is 14.5. The number of hydrogen-bond donors (Lipinski definition) is 2. The molecular weight excluding hydrogens is 272 g/mol. The molecule has 1 aliphatic heterocycles. The van der Waals surface area contributed by atoms with Crippen LogP contribution in [0.25, 0.3) is 0 Å². The SMILES string of the molecule is Cc1ccc(CN2CC(N)CC(CC(O)C(C)(C)C)C2)cc1. The normalized spacial score (nSPS) is 25.2. The van der Waals surface area contributed by atoms with Crippen LogP contribution in [0.4, 0.5) is 0 Å². The fourth-order valence-electron chi connectivity index (χ4n) is 3.27. The predicted octanol–water partition coefficient (Wildman–Crippen LogP) is 2.94. The second-order valence-electron chi connectivity index (χ2n) is 8.16. The molecule has 3 N–H and O–H groups in total. The van der Waals surface area contributed by atoms with Gasteiger partial charge in [-0.1, -0.05) is 50.6 Å². The van der Waals surface area contributed by atoms with E-state index >= 15 is 0 Å². The van der Waals surface area contributed by atoms with Crippen LogP contribution < -0.4 is 5.73 Å². The molecule has 3 atom stereocenters. The fourth-order valence-corrected chi connectivity index (χ4v) is 3.27. The predicted molar refractivity (Wildman–Crippen MR) is 92.6 cm³/mol. The Bertz CT molecular complexity index is 463. The van der Waals surface area contributed by atoms with E-state index in [-0.39, 0.29) is 17.6 Å². The van der Waals surface area contributed by atoms with Gasteiger partial charge in [-0.2, -0.15) is 0 Å². The van der Waals surface area contributed by atoms with Crippen LogP contribution in [-0.2, 0) is 6.54 Å². The van der Waals surface area contributed by atoms with Crippen molar-refractivity contribution in [2.24, 2.45) is 17.1 Å². The van der Waals surface area contributed by atoms with Crippen LogP contribution >= 0.6 is 0 Å². The highest BCUT2D eigenvalue weighted by Crippen LogP contribution is 2.29. The second-order valence-corrected chi connectivity index (χ2v) is 8.16. The van der Waals surface area contributed by atoms with E-state index in [0.29, 0.717) is 5.92 Å². The molecule has 0 saturated carbocycles. The molecule has 22 heavy (non-hydrogen) atoms. The van der Waals surface area contributed by atoms with E-state index < -0.39 is 0 Å². The van der Waals surface area contributed by atoms with E-state index in [4.69, 9.17) is 5.73 Å². The van der Waals surface area contributed by atoms with Gasteiger partial charge >= 0.3 is 0 Å². The molecule has 1 heterocycles. The van der Waals surface area contributed by atoms with Crippen molar-refractivity contribution in [3.05, 3.63) is 35.4 Å². The van der Waals surface area contributed by atoms with Gasteiger partial charge in [-0.15, -0.1) is 0 Å². The Labute approximate surface area is 135 Å². The molecule has 3 unspecified atom stereocenters. The van der Waals surface area contributed by atoms with Gasteiger partial charge in [-0.05, 0) is 36.7 Å². The molecule has 1 fully saturated rings. The van der Waals surface area contributed by atoms with Crippen molar-refractivity contribution in [3.8, 4) is 0 Å². The Hall–Kier alpha value is -0.900. The van der Waals surface area contributed by atoms with Gasteiger partial charge < -0.3 is 10.8 Å². The van der Waals surface area contributed by atoms with E-state index in [1.165, 1.54) is 11.1 Å². The van der Waals surface area contributed by atoms with Gasteiger partial charge in [-0.25, -0.2) is 0 Å². The zero-order valence-electron chi connectivity index (χ0n) is 14.5. The summed E-state index contributed by atoms with van der Waals surface area (Å²) in [6, 6.07) is 8.96. The molecule has 0 radical (unpaired) electrons. The highest BCUT2D eigenvalue weighted by Gasteiger charge is 2.30. The largest absolute Gasteiger partial charge is 0.393 e. The summed E-state index contributed by atoms with van der Waals surface area (Å²) >= 11 is 0. The lowest BCUT2D eigenvalue weighted by atomic mass is 9.80. The molecule has 3 nitrogen and oxygen atoms in total. The monoisotopic (exact) mass is 304 g/mol. The lowest BCUT2D eigenvalue weighted by molar-refractivity contribution is 0.0233. The Morgan fingerprint density at radius 3 is 2.45 bits per heavy atom. The van der Waals surface area contributed by atoms with E-state index in [1.54, 1.807) is 0 Å². The lowest BCUT2D eigenvalue weighted by Gasteiger charge is -2.39. The van der Waals surface area contributed by atoms with Crippen LogP contribution in [0, 0.1) is 18.3 Å². The number of nitrogens with zero attached hydrogens (tertiary/aromatic N) is 1. The summed E-state index contributed by atoms with van der Waals surface area (Å²) in [6.45, 7) is 11.4. The molecule has 124 valence electrons. The summed E-state index contributed by atoms with van der Waals surface area (Å²) in [4.78, 5) is 2.44. The Kier molecular flexibility index (Phi) is 5.65. The summed E-state index contributed by atoms with van der Waals surface area (Å²) in [6.07, 6.45) is 1.61. The van der Waals surface area contributed by atoms with Gasteiger partial charge in [0.25, 0.3) is 0 Å². The number of likely N-dealkylation sites (tertiary alicyclic amines) is 1. The van der Waals surface area contributed by atoms with Gasteiger partial charge in [0.1, 0.15) is 0 Å². The van der Waals surface area contributed by atoms with Crippen molar-refractivity contribution < 1.29 is 5.11 Å². The first-order valence-electron chi connectivity index (χ1n) is 8.45. The van der Waals surface area contributed by atoms with Gasteiger partial charge in [0.2, 0.25) is 0 Å². The topological polar surface area (TPSA) is 49.5 Å². The minimum Gasteiger partial charge on any atom is -0.393 e. The molecule has 0 bridgehead atoms. The van der Waals surface area contributed by atoms with Gasteiger partial charge in [0.05, 0.1) is 6.10 Å². The molecule has 1 aliphatic rings. The van der Waals surface area contributed by atoms with Crippen molar-refractivity contribution in [1.29, 1.82) is 0 Å². The molecule has 3 heteroatoms. The number of benzene rings is 1. The lowest BCUT2D eigenvalue weighted by Crippen LogP contribution is -2.47. The zero-order chi connectivity index (χ0) is 16.3. The molecular formula is C19H32N2O. The van der Waals surface area contributed by atoms with E-state index in [2.05, 4.69) is 56.9 Å². The molecule has 1 aromatic rings. The smallest absolute Gasteiger partial charge is 0.0591 e. The van der Waals surface area contributed by atoms with E-state index in [1.807, 2.05) is 0 Å². The van der Waals surface area contributed by atoms with E-state index in [9.17, 15) is 5.11 Å². The molecule has 0 aliphatic carbocycles. The Morgan fingerprint density at radius 2 is 1.86 bits per heavy atom. The van der Waals surface area contributed by atoms with Crippen LogP contribution in [-0.4, -0.2) is 35.2 Å². The van der Waals surface area contributed by atoms with E-state index in [0.717, 1.165) is 32.5 Å². The summed E-state index contributed by atoms with van der Waals surface area (Å²) in [5.74, 6) is 0.489. The molecule has 0 aromatic heterocycles. The highest BCUT2D eigenvalue weighted by atomic mass is 16.3. The number of piperidine rings is 1. The third kappa shape index (κ3) is 5.08. The average Bonchev–Trinajstić information content (AvgIpc) is 2.39. The minimum absolute atomic E-state index is 0.0523. The van der Waals surface area contributed by atoms with Crippen molar-refractivity contribution in [2.75, 3.05) is 13.1 Å². The summed E-state index contributed by atoms with van der Waals surface area (Å²) in [7, 11) is 0. The maximum Gasteiger partial charge on any atom is 0.0591 e. The summed E-state index contributed by atoms with van der Waals surface area (Å²) in [5, 5.41) is 10.4. The van der Waals surface area contributed by atoms with Crippen LogP contribution in [0.1, 0.15) is 44.7 Å². The maximum absolute atomic E-state index is 10.4. The van der Waals surface area contributed by atoms with Gasteiger partial charge in [0, 0.05) is 25.7 Å². The Morgan fingerprint density at radius 1 is 1.23 bits per heavy atom. The molecule has 0 amide bonds. The first-order chi connectivity index (χ1) is 10.2. The number of hydrogen-bond acceptors (Lipinski definition) is 3. The first-order valence-corrected chi connectivity index (χ1v) is 8.45. The first kappa shape index (κ1) is 17.5. The number of nitrogens with two attached hydrogens (primary N) is 1. The third-order valence-electron chi connectivity index (χ3n) is 4.73. The fraction of sp³-hybridized carbons (Fsp3) is 0.684. The number of aryl methyl sites for hydroxylation is 1.